The second kappa shape index (κ2) is 5.05. The van der Waals surface area contributed by atoms with Gasteiger partial charge in [-0.25, -0.2) is 0 Å². The van der Waals surface area contributed by atoms with Crippen molar-refractivity contribution in [2.24, 2.45) is 11.7 Å². The Labute approximate surface area is 101 Å². The van der Waals surface area contributed by atoms with Crippen LogP contribution in [0.5, 0.6) is 0 Å². The first-order chi connectivity index (χ1) is 7.74. The van der Waals surface area contributed by atoms with E-state index in [1.807, 2.05) is 0 Å². The molecule has 0 radical (unpaired) electrons. The lowest BCUT2D eigenvalue weighted by atomic mass is 9.82. The molecule has 0 aromatic carbocycles. The topological polar surface area (TPSA) is 29.3 Å². The van der Waals surface area contributed by atoms with Crippen LogP contribution in [0.15, 0.2) is 0 Å². The summed E-state index contributed by atoms with van der Waals surface area (Å²) in [6.45, 7) is 6.92. The number of nitrogens with zero attached hydrogens (tertiary/aromatic N) is 1. The van der Waals surface area contributed by atoms with Gasteiger partial charge in [0, 0.05) is 18.1 Å². The van der Waals surface area contributed by atoms with Gasteiger partial charge in [0.25, 0.3) is 0 Å². The maximum Gasteiger partial charge on any atom is 0.0360 e. The lowest BCUT2D eigenvalue weighted by molar-refractivity contribution is -0.000748. The van der Waals surface area contributed by atoms with E-state index in [4.69, 9.17) is 5.73 Å². The summed E-state index contributed by atoms with van der Waals surface area (Å²) in [4.78, 5) is 2.80. The summed E-state index contributed by atoms with van der Waals surface area (Å²) >= 11 is 0. The van der Waals surface area contributed by atoms with Crippen molar-refractivity contribution in [3.8, 4) is 0 Å². The van der Waals surface area contributed by atoms with E-state index in [0.29, 0.717) is 5.54 Å². The van der Waals surface area contributed by atoms with Gasteiger partial charge in [-0.3, -0.25) is 4.90 Å². The van der Waals surface area contributed by atoms with Crippen LogP contribution in [-0.2, 0) is 0 Å². The third-order valence-electron chi connectivity index (χ3n) is 5.19. The fraction of sp³-hybridized carbons (Fsp3) is 1.00. The molecule has 1 saturated heterocycles. The van der Waals surface area contributed by atoms with Crippen LogP contribution in [0, 0.1) is 5.92 Å². The Morgan fingerprint density at radius 3 is 2.62 bits per heavy atom. The number of hydrogen-bond donors (Lipinski definition) is 1. The molecule has 2 fully saturated rings. The highest BCUT2D eigenvalue weighted by atomic mass is 15.2. The molecule has 94 valence electrons. The quantitative estimate of drug-likeness (QED) is 0.798. The van der Waals surface area contributed by atoms with Crippen LogP contribution in [0.2, 0.25) is 0 Å². The summed E-state index contributed by atoms with van der Waals surface area (Å²) < 4.78 is 0. The van der Waals surface area contributed by atoms with E-state index in [0.717, 1.165) is 18.5 Å². The first-order valence-corrected chi connectivity index (χ1v) is 7.21. The Balaban J connectivity index is 2.18. The minimum absolute atomic E-state index is 0.348. The zero-order chi connectivity index (χ0) is 11.6. The molecule has 1 aliphatic carbocycles. The molecule has 1 aliphatic heterocycles. The highest BCUT2D eigenvalue weighted by molar-refractivity contribution is 5.02. The van der Waals surface area contributed by atoms with Crippen molar-refractivity contribution in [3.05, 3.63) is 0 Å². The van der Waals surface area contributed by atoms with E-state index in [1.165, 1.54) is 51.5 Å². The molecule has 3 unspecified atom stereocenters. The summed E-state index contributed by atoms with van der Waals surface area (Å²) in [5.41, 5.74) is 6.51. The molecule has 1 saturated carbocycles. The molecule has 0 spiro atoms. The maximum absolute atomic E-state index is 6.17. The summed E-state index contributed by atoms with van der Waals surface area (Å²) in [5.74, 6) is 0.796. The largest absolute Gasteiger partial charge is 0.329 e. The average Bonchev–Trinajstić information content (AvgIpc) is 2.71. The van der Waals surface area contributed by atoms with Gasteiger partial charge in [0.2, 0.25) is 0 Å². The summed E-state index contributed by atoms with van der Waals surface area (Å²) in [6.07, 6.45) is 9.59. The van der Waals surface area contributed by atoms with Crippen molar-refractivity contribution in [1.82, 2.24) is 4.90 Å². The van der Waals surface area contributed by atoms with E-state index < -0.39 is 0 Å². The van der Waals surface area contributed by atoms with Gasteiger partial charge in [-0.15, -0.1) is 0 Å². The molecule has 0 bridgehead atoms. The number of piperidine rings is 1. The fourth-order valence-electron chi connectivity index (χ4n) is 4.09. The smallest absolute Gasteiger partial charge is 0.0360 e. The highest BCUT2D eigenvalue weighted by Gasteiger charge is 2.46. The first kappa shape index (κ1) is 12.4. The van der Waals surface area contributed by atoms with Gasteiger partial charge in [0.15, 0.2) is 0 Å². The monoisotopic (exact) mass is 224 g/mol. The molecular formula is C14H28N2. The van der Waals surface area contributed by atoms with Gasteiger partial charge in [-0.05, 0) is 44.6 Å². The molecule has 2 aliphatic rings. The van der Waals surface area contributed by atoms with Crippen molar-refractivity contribution < 1.29 is 0 Å². The lowest BCUT2D eigenvalue weighted by Crippen LogP contribution is -2.60. The van der Waals surface area contributed by atoms with Gasteiger partial charge >= 0.3 is 0 Å². The van der Waals surface area contributed by atoms with Crippen molar-refractivity contribution >= 4 is 0 Å². The molecule has 2 nitrogen and oxygen atoms in total. The average molecular weight is 224 g/mol. The fourth-order valence-corrected chi connectivity index (χ4v) is 4.09. The van der Waals surface area contributed by atoms with Gasteiger partial charge < -0.3 is 5.73 Å². The Hall–Kier alpha value is -0.0800. The Kier molecular flexibility index (Phi) is 3.91. The molecular weight excluding hydrogens is 196 g/mol. The summed E-state index contributed by atoms with van der Waals surface area (Å²) in [6, 6.07) is 0.804. The van der Waals surface area contributed by atoms with Crippen LogP contribution in [0.4, 0.5) is 0 Å². The molecule has 2 heteroatoms. The van der Waals surface area contributed by atoms with E-state index >= 15 is 0 Å². The van der Waals surface area contributed by atoms with Crippen LogP contribution < -0.4 is 5.73 Å². The van der Waals surface area contributed by atoms with Crippen molar-refractivity contribution in [1.29, 1.82) is 0 Å². The molecule has 2 N–H and O–H groups in total. The second-order valence-corrected chi connectivity index (χ2v) is 5.85. The Bertz CT molecular complexity index is 229. The Morgan fingerprint density at radius 1 is 1.25 bits per heavy atom. The molecule has 2 rings (SSSR count). The minimum Gasteiger partial charge on any atom is -0.329 e. The van der Waals surface area contributed by atoms with Gasteiger partial charge in [-0.2, -0.15) is 0 Å². The molecule has 0 aromatic heterocycles. The van der Waals surface area contributed by atoms with E-state index in [2.05, 4.69) is 18.7 Å². The molecule has 3 atom stereocenters. The van der Waals surface area contributed by atoms with Crippen LogP contribution >= 0.6 is 0 Å². The van der Waals surface area contributed by atoms with Gasteiger partial charge in [-0.1, -0.05) is 26.7 Å². The van der Waals surface area contributed by atoms with Crippen LogP contribution in [0.3, 0.4) is 0 Å². The van der Waals surface area contributed by atoms with Crippen LogP contribution in [0.1, 0.15) is 58.8 Å². The summed E-state index contributed by atoms with van der Waals surface area (Å²) in [5, 5.41) is 0. The van der Waals surface area contributed by atoms with Crippen molar-refractivity contribution in [2.75, 3.05) is 13.1 Å². The SMILES string of the molecule is CCC1CCCCN1C1(CN)CCCC1C. The van der Waals surface area contributed by atoms with Crippen LogP contribution in [0.25, 0.3) is 0 Å². The standard InChI is InChI=1S/C14H28N2/c1-3-13-8-4-5-10-16(13)14(11-15)9-6-7-12(14)2/h12-13H,3-11,15H2,1-2H3. The molecule has 1 heterocycles. The third-order valence-corrected chi connectivity index (χ3v) is 5.19. The molecule has 16 heavy (non-hydrogen) atoms. The molecule has 0 aromatic rings. The van der Waals surface area contributed by atoms with E-state index in [1.54, 1.807) is 0 Å². The second-order valence-electron chi connectivity index (χ2n) is 5.85. The first-order valence-electron chi connectivity index (χ1n) is 7.21. The molecule has 0 amide bonds. The summed E-state index contributed by atoms with van der Waals surface area (Å²) in [7, 11) is 0. The zero-order valence-electron chi connectivity index (χ0n) is 11.0. The van der Waals surface area contributed by atoms with E-state index in [9.17, 15) is 0 Å². The normalized spacial score (nSPS) is 41.4. The predicted molar refractivity (Wildman–Crippen MR) is 69.4 cm³/mol. The van der Waals surface area contributed by atoms with Crippen LogP contribution in [-0.4, -0.2) is 29.6 Å². The predicted octanol–water partition coefficient (Wildman–Crippen LogP) is 2.77. The lowest BCUT2D eigenvalue weighted by Gasteiger charge is -2.50. The maximum atomic E-state index is 6.17. The minimum atomic E-state index is 0.348. The van der Waals surface area contributed by atoms with Gasteiger partial charge in [0.1, 0.15) is 0 Å². The van der Waals surface area contributed by atoms with Gasteiger partial charge in [0.05, 0.1) is 0 Å². The van der Waals surface area contributed by atoms with Crippen molar-refractivity contribution in [2.45, 2.75) is 70.4 Å². The third kappa shape index (κ3) is 1.91. The number of rotatable bonds is 3. The van der Waals surface area contributed by atoms with E-state index in [-0.39, 0.29) is 0 Å². The number of likely N-dealkylation sites (tertiary alicyclic amines) is 1. The zero-order valence-corrected chi connectivity index (χ0v) is 11.0. The number of nitrogens with two attached hydrogens (primary N) is 1. The number of hydrogen-bond acceptors (Lipinski definition) is 2. The Morgan fingerprint density at radius 2 is 2.06 bits per heavy atom. The van der Waals surface area contributed by atoms with Crippen molar-refractivity contribution in [3.63, 3.8) is 0 Å². The highest BCUT2D eigenvalue weighted by Crippen LogP contribution is 2.42.